The van der Waals surface area contributed by atoms with Gasteiger partial charge in [0.15, 0.2) is 9.84 Å². The number of aromatic nitrogens is 2. The molecule has 0 amide bonds. The second-order valence-electron chi connectivity index (χ2n) is 5.51. The first-order valence-corrected chi connectivity index (χ1v) is 9.21. The molecule has 1 aromatic heterocycles. The minimum atomic E-state index is -2.96. The van der Waals surface area contributed by atoms with Gasteiger partial charge in [-0.1, -0.05) is 27.7 Å². The van der Waals surface area contributed by atoms with Crippen LogP contribution in [0.1, 0.15) is 39.8 Å². The second-order valence-corrected chi connectivity index (χ2v) is 7.98. The lowest BCUT2D eigenvalue weighted by atomic mass is 10.1. The van der Waals surface area contributed by atoms with Crippen molar-refractivity contribution in [3.8, 4) is 0 Å². The van der Waals surface area contributed by atoms with Gasteiger partial charge in [0.1, 0.15) is 5.82 Å². The predicted octanol–water partition coefficient (Wildman–Crippen LogP) is 2.34. The molecule has 1 rings (SSSR count). The molecule has 1 aromatic rings. The van der Waals surface area contributed by atoms with Gasteiger partial charge < -0.3 is 5.32 Å². The Morgan fingerprint density at radius 1 is 1.35 bits per heavy atom. The maximum absolute atomic E-state index is 11.6. The van der Waals surface area contributed by atoms with E-state index in [9.17, 15) is 8.42 Å². The molecule has 116 valence electrons. The van der Waals surface area contributed by atoms with Crippen molar-refractivity contribution >= 4 is 15.7 Å². The Balaban J connectivity index is 2.82. The predicted molar refractivity (Wildman–Crippen MR) is 83.9 cm³/mol. The summed E-state index contributed by atoms with van der Waals surface area (Å²) in [5, 5.41) is 7.85. The van der Waals surface area contributed by atoms with E-state index in [4.69, 9.17) is 0 Å². The zero-order valence-electron chi connectivity index (χ0n) is 13.0. The van der Waals surface area contributed by atoms with E-state index < -0.39 is 9.84 Å². The van der Waals surface area contributed by atoms with Gasteiger partial charge in [-0.2, -0.15) is 5.10 Å². The summed E-state index contributed by atoms with van der Waals surface area (Å²) in [5.41, 5.74) is 1.02. The molecule has 0 bridgehead atoms. The summed E-state index contributed by atoms with van der Waals surface area (Å²) in [6, 6.07) is 2.04. The monoisotopic (exact) mass is 301 g/mol. The highest BCUT2D eigenvalue weighted by Crippen LogP contribution is 2.14. The van der Waals surface area contributed by atoms with Gasteiger partial charge in [0.25, 0.3) is 0 Å². The molecule has 1 heterocycles. The fraction of sp³-hybridized carbons (Fsp3) is 0.786. The number of hydrogen-bond donors (Lipinski definition) is 1. The zero-order valence-corrected chi connectivity index (χ0v) is 13.8. The van der Waals surface area contributed by atoms with Crippen molar-refractivity contribution in [3.05, 3.63) is 11.8 Å². The lowest BCUT2D eigenvalue weighted by Crippen LogP contribution is -2.17. The highest BCUT2D eigenvalue weighted by atomic mass is 32.2. The van der Waals surface area contributed by atoms with Crippen LogP contribution in [0.25, 0.3) is 0 Å². The molecule has 0 atom stereocenters. The Hall–Kier alpha value is -1.04. The van der Waals surface area contributed by atoms with Crippen molar-refractivity contribution < 1.29 is 8.42 Å². The van der Waals surface area contributed by atoms with Gasteiger partial charge in [0.05, 0.1) is 18.0 Å². The van der Waals surface area contributed by atoms with Crippen LogP contribution in [-0.4, -0.2) is 36.2 Å². The quantitative estimate of drug-likeness (QED) is 0.760. The van der Waals surface area contributed by atoms with E-state index in [0.29, 0.717) is 12.5 Å². The van der Waals surface area contributed by atoms with Gasteiger partial charge >= 0.3 is 0 Å². The summed E-state index contributed by atoms with van der Waals surface area (Å²) >= 11 is 0. The third-order valence-corrected chi connectivity index (χ3v) is 4.74. The third-order valence-electron chi connectivity index (χ3n) is 3.06. The molecule has 0 aromatic carbocycles. The Morgan fingerprint density at radius 3 is 2.60 bits per heavy atom. The SMILES string of the molecule is CCCNc1cc(CC(C)C)nn1CCS(=O)(=O)CC. The lowest BCUT2D eigenvalue weighted by molar-refractivity contribution is 0.575. The average Bonchev–Trinajstić information content (AvgIpc) is 2.75. The van der Waals surface area contributed by atoms with Crippen molar-refractivity contribution in [2.75, 3.05) is 23.4 Å². The molecule has 0 saturated carbocycles. The van der Waals surface area contributed by atoms with Crippen LogP contribution >= 0.6 is 0 Å². The minimum absolute atomic E-state index is 0.146. The van der Waals surface area contributed by atoms with Crippen molar-refractivity contribution in [1.82, 2.24) is 9.78 Å². The first-order chi connectivity index (χ1) is 9.38. The van der Waals surface area contributed by atoms with Crippen LogP contribution in [0, 0.1) is 5.92 Å². The van der Waals surface area contributed by atoms with Gasteiger partial charge in [-0.15, -0.1) is 0 Å². The number of anilines is 1. The molecule has 0 aliphatic carbocycles. The zero-order chi connectivity index (χ0) is 15.2. The van der Waals surface area contributed by atoms with Crippen LogP contribution in [0.4, 0.5) is 5.82 Å². The van der Waals surface area contributed by atoms with E-state index in [1.807, 2.05) is 6.07 Å². The second kappa shape index (κ2) is 7.67. The maximum Gasteiger partial charge on any atom is 0.151 e. The third kappa shape index (κ3) is 5.53. The minimum Gasteiger partial charge on any atom is -0.370 e. The standard InChI is InChI=1S/C14H27N3O2S/c1-5-7-15-14-11-13(10-12(3)4)16-17(14)8-9-20(18,19)6-2/h11-12,15H,5-10H2,1-4H3. The summed E-state index contributed by atoms with van der Waals surface area (Å²) < 4.78 is 25.0. The summed E-state index contributed by atoms with van der Waals surface area (Å²) in [7, 11) is -2.96. The molecule has 0 saturated heterocycles. The summed E-state index contributed by atoms with van der Waals surface area (Å²) in [4.78, 5) is 0. The largest absolute Gasteiger partial charge is 0.370 e. The Kier molecular flexibility index (Phi) is 6.52. The van der Waals surface area contributed by atoms with Gasteiger partial charge in [0.2, 0.25) is 0 Å². The molecule has 5 nitrogen and oxygen atoms in total. The van der Waals surface area contributed by atoms with Gasteiger partial charge in [-0.3, -0.25) is 0 Å². The van der Waals surface area contributed by atoms with Crippen molar-refractivity contribution in [2.45, 2.75) is 47.1 Å². The van der Waals surface area contributed by atoms with Crippen molar-refractivity contribution in [3.63, 3.8) is 0 Å². The van der Waals surface area contributed by atoms with E-state index in [-0.39, 0.29) is 11.5 Å². The molecule has 0 spiro atoms. The number of sulfone groups is 1. The topological polar surface area (TPSA) is 64.0 Å². The van der Waals surface area contributed by atoms with Crippen LogP contribution in [0.15, 0.2) is 6.07 Å². The summed E-state index contributed by atoms with van der Waals surface area (Å²) in [5.74, 6) is 1.79. The molecule has 6 heteroatoms. The van der Waals surface area contributed by atoms with Crippen LogP contribution in [-0.2, 0) is 22.8 Å². The average molecular weight is 301 g/mol. The Morgan fingerprint density at radius 2 is 2.05 bits per heavy atom. The van der Waals surface area contributed by atoms with Crippen LogP contribution < -0.4 is 5.32 Å². The number of rotatable bonds is 9. The Bertz CT molecular complexity index is 506. The highest BCUT2D eigenvalue weighted by molar-refractivity contribution is 7.91. The molecule has 0 aliphatic rings. The fourth-order valence-electron chi connectivity index (χ4n) is 1.92. The lowest BCUT2D eigenvalue weighted by Gasteiger charge is -2.08. The van der Waals surface area contributed by atoms with Gasteiger partial charge in [-0.25, -0.2) is 13.1 Å². The van der Waals surface area contributed by atoms with Crippen LogP contribution in [0.3, 0.4) is 0 Å². The first-order valence-electron chi connectivity index (χ1n) is 7.39. The first kappa shape index (κ1) is 17.0. The van der Waals surface area contributed by atoms with E-state index in [2.05, 4.69) is 31.2 Å². The normalized spacial score (nSPS) is 12.1. The van der Waals surface area contributed by atoms with Crippen molar-refractivity contribution in [2.24, 2.45) is 5.92 Å². The van der Waals surface area contributed by atoms with Crippen LogP contribution in [0.5, 0.6) is 0 Å². The fourth-order valence-corrected chi connectivity index (χ4v) is 2.66. The maximum atomic E-state index is 11.6. The van der Waals surface area contributed by atoms with E-state index in [0.717, 1.165) is 30.9 Å². The number of hydrogen-bond acceptors (Lipinski definition) is 4. The molecular formula is C14H27N3O2S. The number of nitrogens with zero attached hydrogens (tertiary/aromatic N) is 2. The molecular weight excluding hydrogens is 274 g/mol. The summed E-state index contributed by atoms with van der Waals surface area (Å²) in [6.07, 6.45) is 1.94. The number of aryl methyl sites for hydroxylation is 1. The smallest absolute Gasteiger partial charge is 0.151 e. The van der Waals surface area contributed by atoms with E-state index >= 15 is 0 Å². The van der Waals surface area contributed by atoms with Gasteiger partial charge in [0, 0.05) is 18.4 Å². The molecule has 0 aliphatic heterocycles. The van der Waals surface area contributed by atoms with Gasteiger partial charge in [-0.05, 0) is 18.8 Å². The number of nitrogens with one attached hydrogen (secondary N) is 1. The van der Waals surface area contributed by atoms with E-state index in [1.54, 1.807) is 11.6 Å². The van der Waals surface area contributed by atoms with Crippen LogP contribution in [0.2, 0.25) is 0 Å². The van der Waals surface area contributed by atoms with Crippen molar-refractivity contribution in [1.29, 1.82) is 0 Å². The van der Waals surface area contributed by atoms with E-state index in [1.165, 1.54) is 0 Å². The molecule has 0 fully saturated rings. The summed E-state index contributed by atoms with van der Waals surface area (Å²) in [6.45, 7) is 9.37. The molecule has 0 unspecified atom stereocenters. The highest BCUT2D eigenvalue weighted by Gasteiger charge is 2.12. The Labute approximate surface area is 122 Å². The molecule has 20 heavy (non-hydrogen) atoms. The molecule has 1 N–H and O–H groups in total. The molecule has 0 radical (unpaired) electrons.